The van der Waals surface area contributed by atoms with Crippen LogP contribution in [-0.2, 0) is 15.2 Å². The Kier molecular flexibility index (Phi) is 11.0. The van der Waals surface area contributed by atoms with E-state index in [4.69, 9.17) is 32.8 Å². The molecule has 0 radical (unpaired) electrons. The molecule has 0 spiro atoms. The Bertz CT molecular complexity index is 1230. The maximum absolute atomic E-state index is 11.2. The summed E-state index contributed by atoms with van der Waals surface area (Å²) in [6.45, 7) is 2.99. The molecular formula is C32H36Cl2N2O3. The number of nitrogens with zero attached hydrogens (tertiary/aromatic N) is 2. The molecule has 1 unspecified atom stereocenters. The molecule has 1 heterocycles. The third-order valence-electron chi connectivity index (χ3n) is 7.13. The molecule has 1 N–H and O–H groups in total. The van der Waals surface area contributed by atoms with Crippen molar-refractivity contribution in [2.45, 2.75) is 37.4 Å². The molecule has 5 nitrogen and oxygen atoms in total. The van der Waals surface area contributed by atoms with Crippen LogP contribution in [0, 0.1) is 0 Å². The number of oxime groups is 1. The summed E-state index contributed by atoms with van der Waals surface area (Å²) in [5.41, 5.74) is 3.03. The van der Waals surface area contributed by atoms with E-state index in [1.807, 2.05) is 84.9 Å². The Hall–Kier alpha value is -2.67. The van der Waals surface area contributed by atoms with Gasteiger partial charge in [0.1, 0.15) is 13.2 Å². The summed E-state index contributed by atoms with van der Waals surface area (Å²) >= 11 is 12.5. The zero-order chi connectivity index (χ0) is 27.5. The topological polar surface area (TPSA) is 54.3 Å². The van der Waals surface area contributed by atoms with Gasteiger partial charge in [0.05, 0.1) is 28.0 Å². The molecule has 3 aromatic rings. The lowest BCUT2D eigenvalue weighted by molar-refractivity contribution is -0.0259. The van der Waals surface area contributed by atoms with Crippen LogP contribution in [0.1, 0.15) is 48.5 Å². The fourth-order valence-electron chi connectivity index (χ4n) is 4.97. The van der Waals surface area contributed by atoms with E-state index < -0.39 is 11.7 Å². The first kappa shape index (κ1) is 29.3. The zero-order valence-electron chi connectivity index (χ0n) is 22.3. The van der Waals surface area contributed by atoms with Gasteiger partial charge in [-0.15, -0.1) is 0 Å². The van der Waals surface area contributed by atoms with Crippen LogP contribution in [0.2, 0.25) is 10.0 Å². The minimum atomic E-state index is -0.750. The van der Waals surface area contributed by atoms with Crippen molar-refractivity contribution in [2.24, 2.45) is 5.16 Å². The molecule has 0 amide bonds. The molecule has 0 aromatic heterocycles. The molecule has 4 rings (SSSR count). The van der Waals surface area contributed by atoms with E-state index in [1.165, 1.54) is 0 Å². The van der Waals surface area contributed by atoms with Gasteiger partial charge >= 0.3 is 0 Å². The minimum Gasteiger partial charge on any atom is -0.399 e. The van der Waals surface area contributed by atoms with Crippen LogP contribution in [0.3, 0.4) is 0 Å². The summed E-state index contributed by atoms with van der Waals surface area (Å²) in [4.78, 5) is 7.64. The molecule has 1 aliphatic rings. The number of aliphatic hydroxyl groups is 1. The van der Waals surface area contributed by atoms with Gasteiger partial charge in [-0.2, -0.15) is 0 Å². The van der Waals surface area contributed by atoms with Gasteiger partial charge in [-0.3, -0.25) is 0 Å². The lowest BCUT2D eigenvalue weighted by Gasteiger charge is -2.38. The fraction of sp³-hybridized carbons (Fsp3) is 0.344. The van der Waals surface area contributed by atoms with Gasteiger partial charge in [-0.25, -0.2) is 0 Å². The van der Waals surface area contributed by atoms with E-state index in [9.17, 15) is 5.11 Å². The summed E-state index contributed by atoms with van der Waals surface area (Å²) in [7, 11) is 1.55. The second kappa shape index (κ2) is 14.6. The number of ether oxygens (including phenoxy) is 1. The van der Waals surface area contributed by atoms with E-state index in [1.54, 1.807) is 13.2 Å². The van der Waals surface area contributed by atoms with Crippen LogP contribution < -0.4 is 0 Å². The molecule has 7 heteroatoms. The zero-order valence-corrected chi connectivity index (χ0v) is 23.8. The maximum atomic E-state index is 11.2. The predicted octanol–water partition coefficient (Wildman–Crippen LogP) is 7.53. The maximum Gasteiger partial charge on any atom is 0.124 e. The number of benzene rings is 3. The lowest BCUT2D eigenvalue weighted by Crippen LogP contribution is -2.43. The highest BCUT2D eigenvalue weighted by molar-refractivity contribution is 6.42. The molecular weight excluding hydrogens is 531 g/mol. The lowest BCUT2D eigenvalue weighted by atomic mass is 9.84. The molecule has 39 heavy (non-hydrogen) atoms. The first-order chi connectivity index (χ1) is 19.0. The number of piperidine rings is 1. The first-order valence-corrected chi connectivity index (χ1v) is 14.1. The van der Waals surface area contributed by atoms with E-state index in [0.29, 0.717) is 23.1 Å². The number of hydrogen-bond acceptors (Lipinski definition) is 5. The van der Waals surface area contributed by atoms with Crippen LogP contribution >= 0.6 is 23.2 Å². The van der Waals surface area contributed by atoms with E-state index >= 15 is 0 Å². The van der Waals surface area contributed by atoms with Crippen molar-refractivity contribution in [1.29, 1.82) is 0 Å². The second-order valence-electron chi connectivity index (χ2n) is 9.81. The molecule has 0 aliphatic carbocycles. The average Bonchev–Trinajstić information content (AvgIpc) is 2.96. The molecule has 1 fully saturated rings. The van der Waals surface area contributed by atoms with Crippen LogP contribution in [0.15, 0.2) is 90.1 Å². The van der Waals surface area contributed by atoms with Gasteiger partial charge in [0.15, 0.2) is 0 Å². The average molecular weight is 568 g/mol. The van der Waals surface area contributed by atoms with Gasteiger partial charge in [0.25, 0.3) is 0 Å². The quantitative estimate of drug-likeness (QED) is 0.182. The van der Waals surface area contributed by atoms with Gasteiger partial charge in [0.2, 0.25) is 0 Å². The molecule has 1 aliphatic heterocycles. The number of hydrogen-bond donors (Lipinski definition) is 1. The minimum absolute atomic E-state index is 0.396. The van der Waals surface area contributed by atoms with Crippen molar-refractivity contribution >= 4 is 35.0 Å². The van der Waals surface area contributed by atoms with Crippen LogP contribution in [0.5, 0.6) is 0 Å². The summed E-state index contributed by atoms with van der Waals surface area (Å²) in [6, 6.07) is 25.6. The standard InChI is InChI=1S/C32H36Cl2N2O3/c1-38-35-30(15-8-20-36-21-18-32(37,19-22-36)27-13-6-3-7-14-27)31(26-16-17-28(33)29(34)24-26)39-23-9-12-25-10-4-2-5-11-25/h2-7,9-14,16-17,24,31,37H,8,15,18-23H2,1H3. The highest BCUT2D eigenvalue weighted by Crippen LogP contribution is 2.33. The molecule has 0 saturated carbocycles. The summed E-state index contributed by atoms with van der Waals surface area (Å²) in [6.07, 6.45) is 6.62. The van der Waals surface area contributed by atoms with E-state index in [2.05, 4.69) is 10.1 Å². The van der Waals surface area contributed by atoms with Gasteiger partial charge in [-0.05, 0) is 61.1 Å². The van der Waals surface area contributed by atoms with Crippen LogP contribution in [0.4, 0.5) is 0 Å². The van der Waals surface area contributed by atoms with Crippen LogP contribution in [-0.4, -0.2) is 49.1 Å². The number of rotatable bonds is 12. The first-order valence-electron chi connectivity index (χ1n) is 13.4. The van der Waals surface area contributed by atoms with Crippen molar-refractivity contribution in [3.05, 3.63) is 112 Å². The van der Waals surface area contributed by atoms with Gasteiger partial charge in [-0.1, -0.05) is 107 Å². The van der Waals surface area contributed by atoms with Crippen LogP contribution in [0.25, 0.3) is 6.08 Å². The molecule has 3 aromatic carbocycles. The smallest absolute Gasteiger partial charge is 0.124 e. The highest BCUT2D eigenvalue weighted by Gasteiger charge is 2.33. The normalized spacial score (nSPS) is 16.9. The summed E-state index contributed by atoms with van der Waals surface area (Å²) < 4.78 is 6.33. The Labute approximate surface area is 241 Å². The second-order valence-corrected chi connectivity index (χ2v) is 10.6. The largest absolute Gasteiger partial charge is 0.399 e. The predicted molar refractivity (Wildman–Crippen MR) is 160 cm³/mol. The van der Waals surface area contributed by atoms with Gasteiger partial charge in [0, 0.05) is 13.1 Å². The Morgan fingerprint density at radius 2 is 1.69 bits per heavy atom. The van der Waals surface area contributed by atoms with Crippen molar-refractivity contribution in [1.82, 2.24) is 4.90 Å². The third kappa shape index (κ3) is 8.41. The monoisotopic (exact) mass is 566 g/mol. The Balaban J connectivity index is 1.38. The fourth-order valence-corrected chi connectivity index (χ4v) is 5.28. The molecule has 1 saturated heterocycles. The van der Waals surface area contributed by atoms with Crippen molar-refractivity contribution in [2.75, 3.05) is 33.4 Å². The SMILES string of the molecule is CON=C(CCCN1CCC(O)(c2ccccc2)CC1)C(OCC=Cc1ccccc1)c1ccc(Cl)c(Cl)c1. The van der Waals surface area contributed by atoms with Crippen molar-refractivity contribution in [3.63, 3.8) is 0 Å². The van der Waals surface area contributed by atoms with E-state index in [0.717, 1.165) is 61.3 Å². The number of halogens is 2. The van der Waals surface area contributed by atoms with E-state index in [-0.39, 0.29) is 0 Å². The van der Waals surface area contributed by atoms with Gasteiger partial charge < -0.3 is 19.6 Å². The van der Waals surface area contributed by atoms with Crippen molar-refractivity contribution in [3.8, 4) is 0 Å². The third-order valence-corrected chi connectivity index (χ3v) is 7.87. The molecule has 206 valence electrons. The number of likely N-dealkylation sites (tertiary alicyclic amines) is 1. The summed E-state index contributed by atoms with van der Waals surface area (Å²) in [5, 5.41) is 16.5. The summed E-state index contributed by atoms with van der Waals surface area (Å²) in [5.74, 6) is 0. The Morgan fingerprint density at radius 1 is 1.00 bits per heavy atom. The van der Waals surface area contributed by atoms with Crippen molar-refractivity contribution < 1.29 is 14.7 Å². The Morgan fingerprint density at radius 3 is 2.36 bits per heavy atom. The molecule has 1 atom stereocenters. The molecule has 0 bridgehead atoms. The highest BCUT2D eigenvalue weighted by atomic mass is 35.5.